The van der Waals surface area contributed by atoms with E-state index in [4.69, 9.17) is 10.5 Å². The Labute approximate surface area is 123 Å². The summed E-state index contributed by atoms with van der Waals surface area (Å²) >= 11 is 1.48. The van der Waals surface area contributed by atoms with Gasteiger partial charge in [-0.25, -0.2) is 9.97 Å². The van der Waals surface area contributed by atoms with Gasteiger partial charge in [-0.2, -0.15) is 0 Å². The Morgan fingerprint density at radius 1 is 1.24 bits per heavy atom. The van der Waals surface area contributed by atoms with Crippen LogP contribution in [-0.4, -0.2) is 14.9 Å². The molecule has 0 bridgehead atoms. The SMILES string of the molecule is Nc1nc(COc2ccc([N+](=O)[O-])cc2)nc2sccc12. The number of hydrogen-bond donors (Lipinski definition) is 1. The number of rotatable bonds is 4. The Bertz CT molecular complexity index is 801. The first-order valence-electron chi connectivity index (χ1n) is 6.00. The van der Waals surface area contributed by atoms with Gasteiger partial charge in [0.25, 0.3) is 5.69 Å². The van der Waals surface area contributed by atoms with Crippen molar-refractivity contribution in [1.82, 2.24) is 9.97 Å². The van der Waals surface area contributed by atoms with Gasteiger partial charge in [0.15, 0.2) is 5.82 Å². The monoisotopic (exact) mass is 302 g/mol. The predicted octanol–water partition coefficient (Wildman–Crippen LogP) is 2.76. The van der Waals surface area contributed by atoms with Gasteiger partial charge < -0.3 is 10.5 Å². The minimum absolute atomic E-state index is 0.0165. The Hall–Kier alpha value is -2.74. The smallest absolute Gasteiger partial charge is 0.269 e. The molecule has 2 N–H and O–H groups in total. The molecule has 0 atom stereocenters. The highest BCUT2D eigenvalue weighted by Gasteiger charge is 2.08. The lowest BCUT2D eigenvalue weighted by molar-refractivity contribution is -0.384. The lowest BCUT2D eigenvalue weighted by Gasteiger charge is -2.06. The maximum atomic E-state index is 10.6. The molecule has 0 radical (unpaired) electrons. The highest BCUT2D eigenvalue weighted by atomic mass is 32.1. The van der Waals surface area contributed by atoms with Gasteiger partial charge in [0.1, 0.15) is 23.0 Å². The fourth-order valence-corrected chi connectivity index (χ4v) is 2.59. The second kappa shape index (κ2) is 5.33. The normalized spacial score (nSPS) is 10.7. The minimum atomic E-state index is -0.460. The number of aromatic nitrogens is 2. The second-order valence-electron chi connectivity index (χ2n) is 4.20. The molecule has 0 saturated heterocycles. The summed E-state index contributed by atoms with van der Waals surface area (Å²) in [7, 11) is 0. The topological polar surface area (TPSA) is 104 Å². The minimum Gasteiger partial charge on any atom is -0.486 e. The van der Waals surface area contributed by atoms with E-state index in [1.54, 1.807) is 0 Å². The van der Waals surface area contributed by atoms with Crippen LogP contribution >= 0.6 is 11.3 Å². The van der Waals surface area contributed by atoms with E-state index in [1.165, 1.54) is 35.6 Å². The van der Waals surface area contributed by atoms with Crippen molar-refractivity contribution in [2.45, 2.75) is 6.61 Å². The number of nitrogens with two attached hydrogens (primary N) is 1. The van der Waals surface area contributed by atoms with Gasteiger partial charge in [-0.1, -0.05) is 0 Å². The molecule has 8 heteroatoms. The number of nitro benzene ring substituents is 1. The van der Waals surface area contributed by atoms with Crippen molar-refractivity contribution in [2.24, 2.45) is 0 Å². The Balaban J connectivity index is 1.75. The number of non-ortho nitro benzene ring substituents is 1. The molecule has 106 valence electrons. The van der Waals surface area contributed by atoms with E-state index >= 15 is 0 Å². The van der Waals surface area contributed by atoms with Crippen molar-refractivity contribution in [3.63, 3.8) is 0 Å². The van der Waals surface area contributed by atoms with Crippen LogP contribution in [0.15, 0.2) is 35.7 Å². The van der Waals surface area contributed by atoms with E-state index in [0.717, 1.165) is 10.2 Å². The van der Waals surface area contributed by atoms with Gasteiger partial charge in [-0.15, -0.1) is 11.3 Å². The average Bonchev–Trinajstić information content (AvgIpc) is 2.94. The zero-order valence-electron chi connectivity index (χ0n) is 10.7. The molecule has 0 saturated carbocycles. The second-order valence-corrected chi connectivity index (χ2v) is 5.10. The number of nitro groups is 1. The summed E-state index contributed by atoms with van der Waals surface area (Å²) in [5, 5.41) is 13.3. The van der Waals surface area contributed by atoms with Crippen LogP contribution in [0, 0.1) is 10.1 Å². The van der Waals surface area contributed by atoms with Crippen LogP contribution in [0.5, 0.6) is 5.75 Å². The summed E-state index contributed by atoms with van der Waals surface area (Å²) in [6.07, 6.45) is 0. The first kappa shape index (κ1) is 13.3. The van der Waals surface area contributed by atoms with Gasteiger partial charge >= 0.3 is 0 Å². The number of nitrogen functional groups attached to an aromatic ring is 1. The molecule has 0 amide bonds. The number of benzene rings is 1. The van der Waals surface area contributed by atoms with Crippen LogP contribution in [0.4, 0.5) is 11.5 Å². The molecular weight excluding hydrogens is 292 g/mol. The molecule has 2 heterocycles. The number of hydrogen-bond acceptors (Lipinski definition) is 7. The van der Waals surface area contributed by atoms with Crippen molar-refractivity contribution in [3.05, 3.63) is 51.7 Å². The van der Waals surface area contributed by atoms with E-state index in [1.807, 2.05) is 11.4 Å². The van der Waals surface area contributed by atoms with Crippen molar-refractivity contribution in [3.8, 4) is 5.75 Å². The summed E-state index contributed by atoms with van der Waals surface area (Å²) in [5.74, 6) is 1.40. The maximum Gasteiger partial charge on any atom is 0.269 e. The third kappa shape index (κ3) is 2.75. The van der Waals surface area contributed by atoms with Gasteiger partial charge in [0.05, 0.1) is 10.3 Å². The summed E-state index contributed by atoms with van der Waals surface area (Å²) < 4.78 is 5.51. The van der Waals surface area contributed by atoms with Crippen molar-refractivity contribution in [2.75, 3.05) is 5.73 Å². The molecule has 3 rings (SSSR count). The van der Waals surface area contributed by atoms with Crippen LogP contribution in [0.3, 0.4) is 0 Å². The van der Waals surface area contributed by atoms with Crippen molar-refractivity contribution < 1.29 is 9.66 Å². The molecule has 7 nitrogen and oxygen atoms in total. The Kier molecular flexibility index (Phi) is 3.36. The van der Waals surface area contributed by atoms with E-state index in [-0.39, 0.29) is 12.3 Å². The summed E-state index contributed by atoms with van der Waals surface area (Å²) in [6.45, 7) is 0.149. The van der Waals surface area contributed by atoms with Gasteiger partial charge in [-0.3, -0.25) is 10.1 Å². The number of fused-ring (bicyclic) bond motifs is 1. The molecule has 0 unspecified atom stereocenters. The highest BCUT2D eigenvalue weighted by Crippen LogP contribution is 2.23. The first-order chi connectivity index (χ1) is 10.1. The van der Waals surface area contributed by atoms with Gasteiger partial charge in [0, 0.05) is 12.1 Å². The predicted molar refractivity (Wildman–Crippen MR) is 79.3 cm³/mol. The summed E-state index contributed by atoms with van der Waals surface area (Å²) in [6, 6.07) is 7.70. The number of anilines is 1. The summed E-state index contributed by atoms with van der Waals surface area (Å²) in [4.78, 5) is 19.4. The van der Waals surface area contributed by atoms with E-state index in [2.05, 4.69) is 9.97 Å². The lowest BCUT2D eigenvalue weighted by Crippen LogP contribution is -2.04. The standard InChI is InChI=1S/C13H10N4O3S/c14-12-10-5-6-21-13(10)16-11(15-12)7-20-9-3-1-8(2-4-9)17(18)19/h1-6H,7H2,(H2,14,15,16). The molecule has 2 aromatic heterocycles. The van der Waals surface area contributed by atoms with Crippen LogP contribution < -0.4 is 10.5 Å². The third-order valence-corrected chi connectivity index (χ3v) is 3.62. The molecule has 0 aliphatic carbocycles. The summed E-state index contributed by atoms with van der Waals surface area (Å²) in [5.41, 5.74) is 5.87. The number of ether oxygens (including phenoxy) is 1. The van der Waals surface area contributed by atoms with Crippen LogP contribution in [0.1, 0.15) is 5.82 Å². The Morgan fingerprint density at radius 2 is 2.00 bits per heavy atom. The number of thiophene rings is 1. The third-order valence-electron chi connectivity index (χ3n) is 2.82. The van der Waals surface area contributed by atoms with E-state index in [0.29, 0.717) is 17.4 Å². The quantitative estimate of drug-likeness (QED) is 0.587. The molecule has 0 fully saturated rings. The average molecular weight is 302 g/mol. The molecule has 0 aliphatic rings. The van der Waals surface area contributed by atoms with Crippen molar-refractivity contribution in [1.29, 1.82) is 0 Å². The van der Waals surface area contributed by atoms with Crippen LogP contribution in [-0.2, 0) is 6.61 Å². The Morgan fingerprint density at radius 3 is 2.71 bits per heavy atom. The van der Waals surface area contributed by atoms with Gasteiger partial charge in [-0.05, 0) is 23.6 Å². The lowest BCUT2D eigenvalue weighted by atomic mass is 10.3. The van der Waals surface area contributed by atoms with Gasteiger partial charge in [0.2, 0.25) is 0 Å². The highest BCUT2D eigenvalue weighted by molar-refractivity contribution is 7.16. The van der Waals surface area contributed by atoms with E-state index < -0.39 is 4.92 Å². The van der Waals surface area contributed by atoms with E-state index in [9.17, 15) is 10.1 Å². The first-order valence-corrected chi connectivity index (χ1v) is 6.88. The fourth-order valence-electron chi connectivity index (χ4n) is 1.80. The molecule has 21 heavy (non-hydrogen) atoms. The molecular formula is C13H10N4O3S. The zero-order chi connectivity index (χ0) is 14.8. The fraction of sp³-hybridized carbons (Fsp3) is 0.0769. The molecule has 0 aliphatic heterocycles. The number of nitrogens with zero attached hydrogens (tertiary/aromatic N) is 3. The zero-order valence-corrected chi connectivity index (χ0v) is 11.5. The molecule has 0 spiro atoms. The maximum absolute atomic E-state index is 10.6. The largest absolute Gasteiger partial charge is 0.486 e. The van der Waals surface area contributed by atoms with Crippen LogP contribution in [0.25, 0.3) is 10.2 Å². The van der Waals surface area contributed by atoms with Crippen molar-refractivity contribution >= 4 is 33.1 Å². The molecule has 3 aromatic rings. The molecule has 1 aromatic carbocycles. The van der Waals surface area contributed by atoms with Crippen LogP contribution in [0.2, 0.25) is 0 Å².